The van der Waals surface area contributed by atoms with E-state index in [1.165, 1.54) is 6.07 Å². The number of pyridine rings is 1. The largest absolute Gasteiger partial charge is 0.493 e. The summed E-state index contributed by atoms with van der Waals surface area (Å²) in [5.74, 6) is 2.02. The van der Waals surface area contributed by atoms with Crippen LogP contribution >= 0.6 is 0 Å². The predicted molar refractivity (Wildman–Crippen MR) is 116 cm³/mol. The van der Waals surface area contributed by atoms with Crippen molar-refractivity contribution in [1.29, 1.82) is 0 Å². The minimum atomic E-state index is -4.41. The Morgan fingerprint density at radius 1 is 1.03 bits per heavy atom. The maximum Gasteiger partial charge on any atom is 0.417 e. The Hall–Kier alpha value is -3.03. The number of hydrogen-bond acceptors (Lipinski definition) is 4. The summed E-state index contributed by atoms with van der Waals surface area (Å²) in [4.78, 5) is 3.98. The number of ether oxygens (including phenoxy) is 2. The summed E-state index contributed by atoms with van der Waals surface area (Å²) in [5, 5.41) is 4.69. The van der Waals surface area contributed by atoms with E-state index >= 15 is 0 Å². The van der Waals surface area contributed by atoms with Crippen LogP contribution in [-0.4, -0.2) is 28.5 Å². The summed E-state index contributed by atoms with van der Waals surface area (Å²) < 4.78 is 51.3. The number of hydrogen-bond donors (Lipinski definition) is 0. The van der Waals surface area contributed by atoms with Crippen LogP contribution in [0.15, 0.2) is 48.8 Å². The average molecular weight is 448 g/mol. The fourth-order valence-corrected chi connectivity index (χ4v) is 3.62. The maximum absolute atomic E-state index is 12.8. The third-order valence-electron chi connectivity index (χ3n) is 5.42. The second-order valence-electron chi connectivity index (χ2n) is 7.50. The maximum atomic E-state index is 12.8. The van der Waals surface area contributed by atoms with Crippen LogP contribution in [0.1, 0.15) is 55.8 Å². The van der Waals surface area contributed by atoms with Crippen molar-refractivity contribution in [2.75, 3.05) is 13.7 Å². The molecular formula is C24H28F3N3O2. The van der Waals surface area contributed by atoms with Gasteiger partial charge in [-0.3, -0.25) is 0 Å². The quantitative estimate of drug-likeness (QED) is 0.347. The molecule has 172 valence electrons. The molecule has 2 aromatic heterocycles. The second-order valence-corrected chi connectivity index (χ2v) is 7.50. The molecule has 32 heavy (non-hydrogen) atoms. The third kappa shape index (κ3) is 5.60. The Morgan fingerprint density at radius 3 is 2.34 bits per heavy atom. The smallest absolute Gasteiger partial charge is 0.417 e. The van der Waals surface area contributed by atoms with Gasteiger partial charge in [-0.05, 0) is 55.5 Å². The molecule has 2 heterocycles. The van der Waals surface area contributed by atoms with Gasteiger partial charge in [-0.1, -0.05) is 26.0 Å². The van der Waals surface area contributed by atoms with E-state index in [9.17, 15) is 13.2 Å². The van der Waals surface area contributed by atoms with Crippen LogP contribution in [0.2, 0.25) is 0 Å². The van der Waals surface area contributed by atoms with E-state index < -0.39 is 11.7 Å². The van der Waals surface area contributed by atoms with Crippen LogP contribution in [0, 0.1) is 0 Å². The molecule has 0 N–H and O–H groups in total. The van der Waals surface area contributed by atoms with Crippen LogP contribution in [0.5, 0.6) is 11.5 Å². The van der Waals surface area contributed by atoms with Crippen LogP contribution in [-0.2, 0) is 12.6 Å². The number of para-hydroxylation sites is 2. The van der Waals surface area contributed by atoms with E-state index in [0.717, 1.165) is 49.2 Å². The van der Waals surface area contributed by atoms with E-state index in [0.29, 0.717) is 23.9 Å². The molecule has 0 saturated heterocycles. The minimum Gasteiger partial charge on any atom is -0.493 e. The highest BCUT2D eigenvalue weighted by Gasteiger charge is 2.30. The van der Waals surface area contributed by atoms with Gasteiger partial charge in [0.1, 0.15) is 0 Å². The molecule has 0 unspecified atom stereocenters. The van der Waals surface area contributed by atoms with Gasteiger partial charge in [-0.25, -0.2) is 9.67 Å². The topological polar surface area (TPSA) is 49.2 Å². The Bertz CT molecular complexity index is 996. The molecule has 0 radical (unpaired) electrons. The van der Waals surface area contributed by atoms with E-state index in [4.69, 9.17) is 14.6 Å². The zero-order valence-corrected chi connectivity index (χ0v) is 18.5. The molecule has 3 rings (SSSR count). The standard InChI is InChI=1S/C24H28F3N3O2/c1-4-17(5-2)23-18(9-8-14-32-21-11-7-6-10-20(21)31-3)16-30(29-23)22-13-12-19(15-28-22)24(25,26)27/h6-7,10-13,15-17H,4-5,8-9,14H2,1-3H3. The highest BCUT2D eigenvalue weighted by molar-refractivity contribution is 5.39. The third-order valence-corrected chi connectivity index (χ3v) is 5.42. The van der Waals surface area contributed by atoms with E-state index in [2.05, 4.69) is 18.8 Å². The Kier molecular flexibility index (Phi) is 7.77. The highest BCUT2D eigenvalue weighted by atomic mass is 19.4. The number of methoxy groups -OCH3 is 1. The number of rotatable bonds is 10. The summed E-state index contributed by atoms with van der Waals surface area (Å²) in [7, 11) is 1.60. The molecule has 8 heteroatoms. The van der Waals surface area contributed by atoms with Crippen molar-refractivity contribution < 1.29 is 22.6 Å². The number of aromatic nitrogens is 3. The minimum absolute atomic E-state index is 0.274. The lowest BCUT2D eigenvalue weighted by atomic mass is 9.95. The van der Waals surface area contributed by atoms with E-state index in [-0.39, 0.29) is 5.92 Å². The van der Waals surface area contributed by atoms with Crippen LogP contribution in [0.25, 0.3) is 5.82 Å². The first-order valence-electron chi connectivity index (χ1n) is 10.7. The number of benzene rings is 1. The first-order chi connectivity index (χ1) is 15.4. The SMILES string of the molecule is CCC(CC)c1nn(-c2ccc(C(F)(F)F)cn2)cc1CCCOc1ccccc1OC. The monoisotopic (exact) mass is 447 g/mol. The van der Waals surface area contributed by atoms with Crippen molar-refractivity contribution in [1.82, 2.24) is 14.8 Å². The van der Waals surface area contributed by atoms with Crippen LogP contribution in [0.3, 0.4) is 0 Å². The summed E-state index contributed by atoms with van der Waals surface area (Å²) >= 11 is 0. The fourth-order valence-electron chi connectivity index (χ4n) is 3.62. The van der Waals surface area contributed by atoms with Gasteiger partial charge in [-0.15, -0.1) is 0 Å². The van der Waals surface area contributed by atoms with Crippen LogP contribution in [0.4, 0.5) is 13.2 Å². The van der Waals surface area contributed by atoms with Crippen molar-refractivity contribution >= 4 is 0 Å². The van der Waals surface area contributed by atoms with Gasteiger partial charge >= 0.3 is 6.18 Å². The average Bonchev–Trinajstić information content (AvgIpc) is 3.21. The molecule has 0 saturated carbocycles. The van der Waals surface area contributed by atoms with Crippen molar-refractivity contribution in [3.8, 4) is 17.3 Å². The van der Waals surface area contributed by atoms with Gasteiger partial charge < -0.3 is 9.47 Å². The van der Waals surface area contributed by atoms with Crippen molar-refractivity contribution in [2.45, 2.75) is 51.6 Å². The zero-order valence-electron chi connectivity index (χ0n) is 18.5. The molecule has 0 aliphatic heterocycles. The number of nitrogens with zero attached hydrogens (tertiary/aromatic N) is 3. The fraction of sp³-hybridized carbons (Fsp3) is 0.417. The van der Waals surface area contributed by atoms with Gasteiger partial charge in [0, 0.05) is 18.3 Å². The predicted octanol–water partition coefficient (Wildman–Crippen LogP) is 6.21. The summed E-state index contributed by atoms with van der Waals surface area (Å²) in [6.07, 6.45) is 1.65. The number of alkyl halides is 3. The van der Waals surface area contributed by atoms with Gasteiger partial charge in [-0.2, -0.15) is 18.3 Å². The highest BCUT2D eigenvalue weighted by Crippen LogP contribution is 2.30. The van der Waals surface area contributed by atoms with E-state index in [1.807, 2.05) is 30.5 Å². The van der Waals surface area contributed by atoms with Crippen molar-refractivity contribution in [3.63, 3.8) is 0 Å². The summed E-state index contributed by atoms with van der Waals surface area (Å²) in [6.45, 7) is 4.72. The van der Waals surface area contributed by atoms with Crippen molar-refractivity contribution in [2.24, 2.45) is 0 Å². The molecule has 5 nitrogen and oxygen atoms in total. The number of halogens is 3. The Morgan fingerprint density at radius 2 is 1.75 bits per heavy atom. The Balaban J connectivity index is 1.75. The lowest BCUT2D eigenvalue weighted by Crippen LogP contribution is -2.07. The van der Waals surface area contributed by atoms with Gasteiger partial charge in [0.05, 0.1) is 25.0 Å². The lowest BCUT2D eigenvalue weighted by Gasteiger charge is -2.12. The zero-order chi connectivity index (χ0) is 23.1. The molecule has 0 spiro atoms. The normalized spacial score (nSPS) is 11.7. The molecule has 0 atom stereocenters. The molecule has 1 aromatic carbocycles. The van der Waals surface area contributed by atoms with Gasteiger partial charge in [0.15, 0.2) is 17.3 Å². The molecule has 0 amide bonds. The second kappa shape index (κ2) is 10.5. The lowest BCUT2D eigenvalue weighted by molar-refractivity contribution is -0.137. The molecule has 3 aromatic rings. The van der Waals surface area contributed by atoms with Gasteiger partial charge in [0.2, 0.25) is 0 Å². The molecule has 0 aliphatic rings. The molecule has 0 fully saturated rings. The van der Waals surface area contributed by atoms with Crippen LogP contribution < -0.4 is 9.47 Å². The summed E-state index contributed by atoms with van der Waals surface area (Å²) in [6, 6.07) is 9.87. The number of aryl methyl sites for hydroxylation is 1. The molecule has 0 bridgehead atoms. The van der Waals surface area contributed by atoms with Gasteiger partial charge in [0.25, 0.3) is 0 Å². The molecule has 0 aliphatic carbocycles. The van der Waals surface area contributed by atoms with Crippen molar-refractivity contribution in [3.05, 3.63) is 65.6 Å². The first kappa shape index (κ1) is 23.6. The molecular weight excluding hydrogens is 419 g/mol. The van der Waals surface area contributed by atoms with E-state index in [1.54, 1.807) is 11.8 Å². The Labute approximate surface area is 186 Å². The summed E-state index contributed by atoms with van der Waals surface area (Å²) in [5.41, 5.74) is 1.25. The first-order valence-corrected chi connectivity index (χ1v) is 10.7.